The highest BCUT2D eigenvalue weighted by atomic mass is 16.5. The number of piperazine rings is 1. The van der Waals surface area contributed by atoms with Crippen LogP contribution in [0.1, 0.15) is 10.4 Å². The first-order valence-corrected chi connectivity index (χ1v) is 9.71. The summed E-state index contributed by atoms with van der Waals surface area (Å²) in [6.07, 6.45) is -0.568. The van der Waals surface area contributed by atoms with Gasteiger partial charge in [-0.05, 0) is 31.3 Å². The molecular weight excluding hydrogens is 376 g/mol. The van der Waals surface area contributed by atoms with Crippen LogP contribution in [0.15, 0.2) is 28.8 Å². The van der Waals surface area contributed by atoms with E-state index in [1.807, 2.05) is 4.90 Å². The number of hydrogen-bond donors (Lipinski definition) is 2. The van der Waals surface area contributed by atoms with Gasteiger partial charge >= 0.3 is 5.97 Å². The molecule has 2 atom stereocenters. The highest BCUT2D eigenvalue weighted by molar-refractivity contribution is 5.99. The zero-order chi connectivity index (χ0) is 20.5. The summed E-state index contributed by atoms with van der Waals surface area (Å²) in [6, 6.07) is 6.91. The predicted molar refractivity (Wildman–Crippen MR) is 107 cm³/mol. The van der Waals surface area contributed by atoms with E-state index in [0.29, 0.717) is 24.4 Å². The molecule has 1 aromatic heterocycles. The van der Waals surface area contributed by atoms with E-state index < -0.39 is 12.1 Å². The van der Waals surface area contributed by atoms with Crippen LogP contribution in [0.3, 0.4) is 0 Å². The number of carbonyl (C=O) groups is 1. The lowest BCUT2D eigenvalue weighted by atomic mass is 10.1. The molecule has 29 heavy (non-hydrogen) atoms. The van der Waals surface area contributed by atoms with Crippen LogP contribution < -0.4 is 9.64 Å². The lowest BCUT2D eigenvalue weighted by molar-refractivity contribution is 0.0512. The lowest BCUT2D eigenvalue weighted by Crippen LogP contribution is -2.52. The molecule has 2 aliphatic rings. The highest BCUT2D eigenvalue weighted by Gasteiger charge is 2.39. The maximum absolute atomic E-state index is 12.0. The molecule has 4 rings (SSSR count). The highest BCUT2D eigenvalue weighted by Crippen LogP contribution is 2.34. The topological polar surface area (TPSA) is 103 Å². The molecule has 0 bridgehead atoms. The van der Waals surface area contributed by atoms with Crippen molar-refractivity contribution in [2.45, 2.75) is 12.1 Å². The zero-order valence-corrected chi connectivity index (χ0v) is 16.6. The van der Waals surface area contributed by atoms with Crippen molar-refractivity contribution >= 4 is 11.8 Å². The normalized spacial score (nSPS) is 23.5. The molecule has 2 N–H and O–H groups in total. The molecule has 2 saturated heterocycles. The number of anilines is 1. The Morgan fingerprint density at radius 1 is 1.17 bits per heavy atom. The fourth-order valence-electron chi connectivity index (χ4n) is 4.08. The number of aliphatic hydroxyl groups excluding tert-OH is 1. The molecule has 2 aliphatic heterocycles. The zero-order valence-electron chi connectivity index (χ0n) is 16.6. The van der Waals surface area contributed by atoms with Gasteiger partial charge in [0, 0.05) is 44.8 Å². The molecule has 0 unspecified atom stereocenters. The van der Waals surface area contributed by atoms with Gasteiger partial charge in [-0.3, -0.25) is 4.90 Å². The first-order valence-electron chi connectivity index (χ1n) is 9.71. The summed E-state index contributed by atoms with van der Waals surface area (Å²) in [5, 5.41) is 24.5. The van der Waals surface area contributed by atoms with Gasteiger partial charge in [0.2, 0.25) is 0 Å². The molecule has 0 saturated carbocycles. The Labute approximate surface area is 169 Å². The van der Waals surface area contributed by atoms with E-state index in [-0.39, 0.29) is 23.2 Å². The van der Waals surface area contributed by atoms with Gasteiger partial charge in [0.25, 0.3) is 0 Å². The van der Waals surface area contributed by atoms with Crippen LogP contribution in [0, 0.1) is 0 Å². The predicted octanol–water partition coefficient (Wildman–Crippen LogP) is 0.845. The number of hydrogen-bond acceptors (Lipinski definition) is 8. The second-order valence-corrected chi connectivity index (χ2v) is 7.62. The molecule has 3 heterocycles. The second-order valence-electron chi connectivity index (χ2n) is 7.62. The summed E-state index contributed by atoms with van der Waals surface area (Å²) in [7, 11) is 3.66. The third-order valence-electron chi connectivity index (χ3n) is 5.81. The number of rotatable bonds is 5. The first kappa shape index (κ1) is 19.7. The van der Waals surface area contributed by atoms with E-state index in [0.717, 1.165) is 26.2 Å². The van der Waals surface area contributed by atoms with Crippen LogP contribution in [0.25, 0.3) is 11.3 Å². The fraction of sp³-hybridized carbons (Fsp3) is 0.500. The van der Waals surface area contributed by atoms with Crippen LogP contribution in [0.4, 0.5) is 5.82 Å². The van der Waals surface area contributed by atoms with Crippen molar-refractivity contribution in [2.24, 2.45) is 0 Å². The van der Waals surface area contributed by atoms with E-state index >= 15 is 0 Å². The summed E-state index contributed by atoms with van der Waals surface area (Å²) in [4.78, 5) is 18.4. The number of benzene rings is 1. The van der Waals surface area contributed by atoms with E-state index in [2.05, 4.69) is 22.0 Å². The summed E-state index contributed by atoms with van der Waals surface area (Å²) >= 11 is 0. The molecular formula is C20H26N4O5. The largest absolute Gasteiger partial charge is 0.497 e. The van der Waals surface area contributed by atoms with E-state index in [9.17, 15) is 15.0 Å². The van der Waals surface area contributed by atoms with E-state index in [1.165, 1.54) is 0 Å². The Bertz CT molecular complexity index is 860. The third-order valence-corrected chi connectivity index (χ3v) is 5.81. The number of likely N-dealkylation sites (N-methyl/N-ethyl adjacent to an activating group) is 1. The van der Waals surface area contributed by atoms with Crippen molar-refractivity contribution < 1.29 is 24.3 Å². The van der Waals surface area contributed by atoms with Crippen molar-refractivity contribution in [3.8, 4) is 17.1 Å². The number of ether oxygens (including phenoxy) is 1. The quantitative estimate of drug-likeness (QED) is 0.753. The van der Waals surface area contributed by atoms with Gasteiger partial charge in [0.05, 0.1) is 19.3 Å². The number of aromatic carboxylic acids is 1. The van der Waals surface area contributed by atoms with Crippen molar-refractivity contribution in [1.29, 1.82) is 0 Å². The molecule has 9 heteroatoms. The van der Waals surface area contributed by atoms with Gasteiger partial charge < -0.3 is 29.3 Å². The molecule has 1 aromatic carbocycles. The number of carboxylic acid groups (broad SMARTS) is 1. The minimum atomic E-state index is -1.11. The number of nitrogens with zero attached hydrogens (tertiary/aromatic N) is 4. The molecule has 0 amide bonds. The number of methoxy groups -OCH3 is 1. The molecule has 2 fully saturated rings. The second kappa shape index (κ2) is 8.02. The van der Waals surface area contributed by atoms with Crippen molar-refractivity contribution in [3.05, 3.63) is 29.8 Å². The van der Waals surface area contributed by atoms with Gasteiger partial charge in [0.1, 0.15) is 5.75 Å². The van der Waals surface area contributed by atoms with Crippen LogP contribution in [-0.2, 0) is 0 Å². The molecule has 0 spiro atoms. The Kier molecular flexibility index (Phi) is 5.44. The van der Waals surface area contributed by atoms with Crippen molar-refractivity contribution in [3.63, 3.8) is 0 Å². The SMILES string of the molecule is COc1ccc(-c2onc(N3C[C@H](O)[C@@H](N4CCN(C)CC4)C3)c2C(=O)O)cc1. The number of aromatic nitrogens is 1. The monoisotopic (exact) mass is 402 g/mol. The van der Waals surface area contributed by atoms with Gasteiger partial charge in [-0.15, -0.1) is 0 Å². The number of carboxylic acids is 1. The van der Waals surface area contributed by atoms with Gasteiger partial charge in [-0.25, -0.2) is 4.79 Å². The Morgan fingerprint density at radius 3 is 2.48 bits per heavy atom. The average Bonchev–Trinajstić information content (AvgIpc) is 3.32. The maximum atomic E-state index is 12.0. The van der Waals surface area contributed by atoms with Gasteiger partial charge in [-0.1, -0.05) is 5.16 Å². The minimum Gasteiger partial charge on any atom is -0.497 e. The van der Waals surface area contributed by atoms with Crippen LogP contribution in [0.2, 0.25) is 0 Å². The first-order chi connectivity index (χ1) is 14.0. The standard InChI is InChI=1S/C20H26N4O5/c1-22-7-9-23(10-8-22)15-11-24(12-16(15)25)19-17(20(26)27)18(29-21-19)13-3-5-14(28-2)6-4-13/h3-6,15-16,25H,7-12H2,1-2H3,(H,26,27)/t15-,16-/m0/s1. The summed E-state index contributed by atoms with van der Waals surface area (Å²) < 4.78 is 10.6. The summed E-state index contributed by atoms with van der Waals surface area (Å²) in [5.41, 5.74) is 0.624. The molecule has 2 aromatic rings. The average molecular weight is 402 g/mol. The maximum Gasteiger partial charge on any atom is 0.343 e. The van der Waals surface area contributed by atoms with Gasteiger partial charge in [-0.2, -0.15) is 0 Å². The van der Waals surface area contributed by atoms with Crippen LogP contribution in [0.5, 0.6) is 5.75 Å². The van der Waals surface area contributed by atoms with E-state index in [4.69, 9.17) is 9.26 Å². The number of aliphatic hydroxyl groups is 1. The van der Waals surface area contributed by atoms with Crippen molar-refractivity contribution in [1.82, 2.24) is 15.0 Å². The Balaban J connectivity index is 1.58. The van der Waals surface area contributed by atoms with Crippen LogP contribution >= 0.6 is 0 Å². The van der Waals surface area contributed by atoms with Crippen molar-refractivity contribution in [2.75, 3.05) is 58.3 Å². The summed E-state index contributed by atoms with van der Waals surface area (Å²) in [6.45, 7) is 4.51. The Morgan fingerprint density at radius 2 is 1.86 bits per heavy atom. The van der Waals surface area contributed by atoms with Crippen LogP contribution in [-0.4, -0.2) is 96.7 Å². The number of β-amino-alcohol motifs (C(OH)–C–C–N with tert-alkyl or cyclic N) is 1. The van der Waals surface area contributed by atoms with Gasteiger partial charge in [0.15, 0.2) is 17.1 Å². The summed E-state index contributed by atoms with van der Waals surface area (Å²) in [5.74, 6) is 0.0272. The minimum absolute atomic E-state index is 0.0152. The molecule has 9 nitrogen and oxygen atoms in total. The third kappa shape index (κ3) is 3.81. The smallest absolute Gasteiger partial charge is 0.343 e. The molecule has 0 radical (unpaired) electrons. The molecule has 0 aliphatic carbocycles. The lowest BCUT2D eigenvalue weighted by Gasteiger charge is -2.37. The van der Waals surface area contributed by atoms with E-state index in [1.54, 1.807) is 31.4 Å². The Hall–Kier alpha value is -2.62. The molecule has 156 valence electrons. The fourth-order valence-corrected chi connectivity index (χ4v) is 4.08.